The summed E-state index contributed by atoms with van der Waals surface area (Å²) in [7, 11) is 2.13. The quantitative estimate of drug-likeness (QED) is 0.757. The zero-order valence-corrected chi connectivity index (χ0v) is 10.0. The second kappa shape index (κ2) is 5.32. The minimum Gasteiger partial charge on any atom is -0.337 e. The molecule has 14 heavy (non-hydrogen) atoms. The highest BCUT2D eigenvalue weighted by Crippen LogP contribution is 2.02. The van der Waals surface area contributed by atoms with Crippen molar-refractivity contribution in [2.45, 2.75) is 26.8 Å². The van der Waals surface area contributed by atoms with E-state index in [0.717, 1.165) is 30.8 Å². The molecule has 1 aromatic heterocycles. The Morgan fingerprint density at radius 3 is 2.79 bits per heavy atom. The lowest BCUT2D eigenvalue weighted by Crippen LogP contribution is -2.23. The first kappa shape index (κ1) is 11.5. The summed E-state index contributed by atoms with van der Waals surface area (Å²) in [4.78, 5) is 5.38. The molecule has 0 aliphatic rings. The SMILES string of the molecule is CCc1c[nH]c(=S)n1CCN(C)CC. The first-order chi connectivity index (χ1) is 6.69. The minimum atomic E-state index is 0.839. The maximum atomic E-state index is 5.22. The average molecular weight is 213 g/mol. The second-order valence-electron chi connectivity index (χ2n) is 3.49. The highest BCUT2D eigenvalue weighted by molar-refractivity contribution is 7.71. The largest absolute Gasteiger partial charge is 0.337 e. The number of nitrogens with zero attached hydrogens (tertiary/aromatic N) is 2. The predicted octanol–water partition coefficient (Wildman–Crippen LogP) is 2.06. The third-order valence-electron chi connectivity index (χ3n) is 2.56. The van der Waals surface area contributed by atoms with E-state index in [1.54, 1.807) is 0 Å². The minimum absolute atomic E-state index is 0.839. The molecule has 0 atom stereocenters. The molecule has 0 amide bonds. The molecule has 80 valence electrons. The average Bonchev–Trinajstić information content (AvgIpc) is 2.55. The third kappa shape index (κ3) is 2.69. The molecular weight excluding hydrogens is 194 g/mol. The lowest BCUT2D eigenvalue weighted by Gasteiger charge is -2.15. The normalized spacial score (nSPS) is 11.1. The van der Waals surface area contributed by atoms with Gasteiger partial charge in [0.1, 0.15) is 0 Å². The van der Waals surface area contributed by atoms with E-state index in [9.17, 15) is 0 Å². The first-order valence-electron chi connectivity index (χ1n) is 5.14. The third-order valence-corrected chi connectivity index (χ3v) is 2.90. The lowest BCUT2D eigenvalue weighted by molar-refractivity contribution is 0.333. The van der Waals surface area contributed by atoms with Crippen molar-refractivity contribution in [3.8, 4) is 0 Å². The highest BCUT2D eigenvalue weighted by Gasteiger charge is 2.02. The standard InChI is InChI=1S/C10H19N3S/c1-4-9-8-11-10(14)13(9)7-6-12(3)5-2/h8H,4-7H2,1-3H3,(H,11,14). The fourth-order valence-corrected chi connectivity index (χ4v) is 1.67. The van der Waals surface area contributed by atoms with Crippen LogP contribution in [0.2, 0.25) is 0 Å². The van der Waals surface area contributed by atoms with Gasteiger partial charge in [-0.05, 0) is 32.2 Å². The van der Waals surface area contributed by atoms with E-state index in [2.05, 4.69) is 35.3 Å². The molecule has 0 unspecified atom stereocenters. The Bertz CT molecular complexity index is 326. The Kier molecular flexibility index (Phi) is 4.35. The van der Waals surface area contributed by atoms with Crippen LogP contribution in [0.1, 0.15) is 19.5 Å². The Morgan fingerprint density at radius 2 is 2.21 bits per heavy atom. The van der Waals surface area contributed by atoms with Crippen LogP contribution in [-0.2, 0) is 13.0 Å². The summed E-state index contributed by atoms with van der Waals surface area (Å²) in [6.45, 7) is 7.43. The molecule has 0 spiro atoms. The number of aromatic nitrogens is 2. The summed E-state index contributed by atoms with van der Waals surface area (Å²) in [5, 5.41) is 0. The lowest BCUT2D eigenvalue weighted by atomic mass is 10.3. The molecule has 0 aromatic carbocycles. The number of rotatable bonds is 5. The number of aromatic amines is 1. The molecule has 0 bridgehead atoms. The van der Waals surface area contributed by atoms with Crippen LogP contribution in [0, 0.1) is 4.77 Å². The van der Waals surface area contributed by atoms with E-state index < -0.39 is 0 Å². The molecule has 0 aliphatic carbocycles. The number of H-pyrrole nitrogens is 1. The van der Waals surface area contributed by atoms with Crippen LogP contribution in [0.3, 0.4) is 0 Å². The smallest absolute Gasteiger partial charge is 0.177 e. The number of hydrogen-bond donors (Lipinski definition) is 1. The van der Waals surface area contributed by atoms with Crippen molar-refractivity contribution in [2.75, 3.05) is 20.1 Å². The van der Waals surface area contributed by atoms with Gasteiger partial charge >= 0.3 is 0 Å². The van der Waals surface area contributed by atoms with E-state index in [1.807, 2.05) is 6.20 Å². The van der Waals surface area contributed by atoms with E-state index in [-0.39, 0.29) is 0 Å². The molecular formula is C10H19N3S. The zero-order valence-electron chi connectivity index (χ0n) is 9.21. The summed E-state index contributed by atoms with van der Waals surface area (Å²) in [5.74, 6) is 0. The summed E-state index contributed by atoms with van der Waals surface area (Å²) in [6, 6.07) is 0. The maximum absolute atomic E-state index is 5.22. The van der Waals surface area contributed by atoms with Gasteiger partial charge in [-0.1, -0.05) is 13.8 Å². The van der Waals surface area contributed by atoms with Crippen molar-refractivity contribution in [1.82, 2.24) is 14.5 Å². The molecule has 0 saturated heterocycles. The Balaban J connectivity index is 2.65. The molecule has 1 rings (SSSR count). The number of nitrogens with one attached hydrogen (secondary N) is 1. The van der Waals surface area contributed by atoms with Gasteiger partial charge in [0.25, 0.3) is 0 Å². The van der Waals surface area contributed by atoms with Gasteiger partial charge in [-0.25, -0.2) is 0 Å². The molecule has 1 heterocycles. The summed E-state index contributed by atoms with van der Waals surface area (Å²) >= 11 is 5.22. The molecule has 1 aromatic rings. The number of likely N-dealkylation sites (N-methyl/N-ethyl adjacent to an activating group) is 1. The van der Waals surface area contributed by atoms with Crippen LogP contribution >= 0.6 is 12.2 Å². The summed E-state index contributed by atoms with van der Waals surface area (Å²) in [5.41, 5.74) is 1.29. The fraction of sp³-hybridized carbons (Fsp3) is 0.700. The van der Waals surface area contributed by atoms with Gasteiger partial charge < -0.3 is 14.5 Å². The second-order valence-corrected chi connectivity index (χ2v) is 3.87. The molecule has 0 saturated carbocycles. The van der Waals surface area contributed by atoms with Gasteiger partial charge in [0.05, 0.1) is 0 Å². The van der Waals surface area contributed by atoms with E-state index >= 15 is 0 Å². The van der Waals surface area contributed by atoms with Gasteiger partial charge in [0, 0.05) is 25.0 Å². The van der Waals surface area contributed by atoms with E-state index in [0.29, 0.717) is 0 Å². The van der Waals surface area contributed by atoms with Crippen molar-refractivity contribution >= 4 is 12.2 Å². The van der Waals surface area contributed by atoms with Crippen molar-refractivity contribution in [1.29, 1.82) is 0 Å². The van der Waals surface area contributed by atoms with Crippen molar-refractivity contribution in [2.24, 2.45) is 0 Å². The highest BCUT2D eigenvalue weighted by atomic mass is 32.1. The number of aryl methyl sites for hydroxylation is 1. The van der Waals surface area contributed by atoms with Crippen LogP contribution in [0.15, 0.2) is 6.20 Å². The topological polar surface area (TPSA) is 24.0 Å². The number of imidazole rings is 1. The molecule has 0 fully saturated rings. The van der Waals surface area contributed by atoms with Gasteiger partial charge in [-0.15, -0.1) is 0 Å². The van der Waals surface area contributed by atoms with Crippen molar-refractivity contribution < 1.29 is 0 Å². The molecule has 3 nitrogen and oxygen atoms in total. The van der Waals surface area contributed by atoms with Gasteiger partial charge in [0.15, 0.2) is 4.77 Å². The number of hydrogen-bond acceptors (Lipinski definition) is 2. The van der Waals surface area contributed by atoms with Crippen molar-refractivity contribution in [3.05, 3.63) is 16.7 Å². The van der Waals surface area contributed by atoms with Crippen LogP contribution < -0.4 is 0 Å². The molecule has 0 radical (unpaired) electrons. The zero-order chi connectivity index (χ0) is 10.6. The Hall–Kier alpha value is -0.610. The van der Waals surface area contributed by atoms with Crippen molar-refractivity contribution in [3.63, 3.8) is 0 Å². The summed E-state index contributed by atoms with van der Waals surface area (Å²) < 4.78 is 3.02. The first-order valence-corrected chi connectivity index (χ1v) is 5.55. The van der Waals surface area contributed by atoms with E-state index in [1.165, 1.54) is 5.69 Å². The van der Waals surface area contributed by atoms with Crippen LogP contribution in [0.4, 0.5) is 0 Å². The Labute approximate surface area is 90.7 Å². The molecule has 0 aliphatic heterocycles. The van der Waals surface area contributed by atoms with Gasteiger partial charge in [-0.2, -0.15) is 0 Å². The fourth-order valence-electron chi connectivity index (χ4n) is 1.40. The molecule has 1 N–H and O–H groups in total. The van der Waals surface area contributed by atoms with Crippen LogP contribution in [0.5, 0.6) is 0 Å². The maximum Gasteiger partial charge on any atom is 0.177 e. The van der Waals surface area contributed by atoms with Crippen LogP contribution in [0.25, 0.3) is 0 Å². The summed E-state index contributed by atoms with van der Waals surface area (Å²) in [6.07, 6.45) is 3.04. The predicted molar refractivity (Wildman–Crippen MR) is 62.2 cm³/mol. The van der Waals surface area contributed by atoms with E-state index in [4.69, 9.17) is 12.2 Å². The van der Waals surface area contributed by atoms with Gasteiger partial charge in [0.2, 0.25) is 0 Å². The van der Waals surface area contributed by atoms with Crippen LogP contribution in [-0.4, -0.2) is 34.6 Å². The Morgan fingerprint density at radius 1 is 1.50 bits per heavy atom. The van der Waals surface area contributed by atoms with Gasteiger partial charge in [-0.3, -0.25) is 0 Å². The monoisotopic (exact) mass is 213 g/mol. The molecule has 4 heteroatoms.